The Morgan fingerprint density at radius 2 is 2.12 bits per heavy atom. The van der Waals surface area contributed by atoms with Gasteiger partial charge in [0.15, 0.2) is 5.82 Å². The summed E-state index contributed by atoms with van der Waals surface area (Å²) in [6, 6.07) is 6.09. The van der Waals surface area contributed by atoms with Crippen LogP contribution in [0.2, 0.25) is 0 Å². The van der Waals surface area contributed by atoms with Crippen LogP contribution in [0, 0.1) is 0 Å². The molecule has 0 fully saturated rings. The highest BCUT2D eigenvalue weighted by molar-refractivity contribution is 5.25. The third-order valence-electron chi connectivity index (χ3n) is 2.63. The number of nitrogens with zero attached hydrogens (tertiary/aromatic N) is 3. The van der Waals surface area contributed by atoms with Gasteiger partial charge in [-0.15, -0.1) is 0 Å². The van der Waals surface area contributed by atoms with E-state index in [1.807, 2.05) is 36.3 Å². The summed E-state index contributed by atoms with van der Waals surface area (Å²) in [5.74, 6) is 1.30. The second-order valence-corrected chi connectivity index (χ2v) is 4.39. The van der Waals surface area contributed by atoms with Crippen molar-refractivity contribution in [2.75, 3.05) is 7.05 Å². The Morgan fingerprint density at radius 3 is 2.65 bits per heavy atom. The van der Waals surface area contributed by atoms with E-state index in [-0.39, 0.29) is 0 Å². The van der Waals surface area contributed by atoms with E-state index in [9.17, 15) is 0 Å². The number of hydrogen-bond acceptors (Lipinski definition) is 3. The van der Waals surface area contributed by atoms with Gasteiger partial charge in [-0.25, -0.2) is 9.67 Å². The second-order valence-electron chi connectivity index (χ2n) is 4.39. The van der Waals surface area contributed by atoms with Gasteiger partial charge in [0.1, 0.15) is 0 Å². The molecule has 0 saturated carbocycles. The Bertz CT molecular complexity index is 470. The fourth-order valence-corrected chi connectivity index (χ4v) is 1.63. The highest BCUT2D eigenvalue weighted by atomic mass is 15.3. The molecule has 2 aromatic rings. The predicted octanol–water partition coefficient (Wildman–Crippen LogP) is 2.11. The van der Waals surface area contributed by atoms with Gasteiger partial charge >= 0.3 is 0 Å². The summed E-state index contributed by atoms with van der Waals surface area (Å²) in [7, 11) is 1.93. The maximum absolute atomic E-state index is 4.49. The van der Waals surface area contributed by atoms with Crippen molar-refractivity contribution in [1.29, 1.82) is 0 Å². The average molecular weight is 230 g/mol. The first-order valence-electron chi connectivity index (χ1n) is 5.86. The molecule has 2 heterocycles. The van der Waals surface area contributed by atoms with Crippen LogP contribution in [0.15, 0.2) is 30.6 Å². The van der Waals surface area contributed by atoms with Crippen LogP contribution < -0.4 is 5.32 Å². The van der Waals surface area contributed by atoms with E-state index < -0.39 is 0 Å². The first-order valence-corrected chi connectivity index (χ1v) is 5.86. The molecule has 4 nitrogen and oxygen atoms in total. The van der Waals surface area contributed by atoms with Gasteiger partial charge in [0.2, 0.25) is 0 Å². The fraction of sp³-hybridized carbons (Fsp3) is 0.385. The Hall–Kier alpha value is -1.68. The van der Waals surface area contributed by atoms with Crippen LogP contribution in [-0.4, -0.2) is 21.8 Å². The van der Waals surface area contributed by atoms with Crippen molar-refractivity contribution in [2.24, 2.45) is 0 Å². The van der Waals surface area contributed by atoms with E-state index in [0.717, 1.165) is 18.1 Å². The number of hydrogen-bond donors (Lipinski definition) is 1. The Balaban J connectivity index is 2.21. The molecule has 0 amide bonds. The van der Waals surface area contributed by atoms with Crippen LogP contribution in [0.1, 0.15) is 31.0 Å². The summed E-state index contributed by atoms with van der Waals surface area (Å²) in [6.07, 6.45) is 3.83. The van der Waals surface area contributed by atoms with Gasteiger partial charge in [-0.05, 0) is 30.7 Å². The lowest BCUT2D eigenvalue weighted by Gasteiger charge is -2.03. The normalized spacial score (nSPS) is 11.1. The molecule has 0 aromatic carbocycles. The number of pyridine rings is 1. The standard InChI is InChI=1S/C13H18N4/c1-10(2)12-6-7-17(16-12)13-5-4-11(8-14-3)9-15-13/h4-7,9-10,14H,8H2,1-3H3. The molecule has 0 spiro atoms. The second kappa shape index (κ2) is 5.10. The maximum Gasteiger partial charge on any atom is 0.153 e. The van der Waals surface area contributed by atoms with Crippen LogP contribution in [0.3, 0.4) is 0 Å². The smallest absolute Gasteiger partial charge is 0.153 e. The molecular weight excluding hydrogens is 212 g/mol. The van der Waals surface area contributed by atoms with Crippen LogP contribution in [-0.2, 0) is 6.54 Å². The zero-order valence-corrected chi connectivity index (χ0v) is 10.5. The first kappa shape index (κ1) is 11.8. The predicted molar refractivity (Wildman–Crippen MR) is 68.2 cm³/mol. The largest absolute Gasteiger partial charge is 0.316 e. The van der Waals surface area contributed by atoms with Gasteiger partial charge in [0.05, 0.1) is 5.69 Å². The van der Waals surface area contributed by atoms with Gasteiger partial charge in [-0.2, -0.15) is 5.10 Å². The van der Waals surface area contributed by atoms with Gasteiger partial charge in [0.25, 0.3) is 0 Å². The van der Waals surface area contributed by atoms with Crippen molar-refractivity contribution in [3.8, 4) is 5.82 Å². The Labute approximate surface area is 102 Å². The van der Waals surface area contributed by atoms with E-state index in [1.165, 1.54) is 5.56 Å². The first-order chi connectivity index (χ1) is 8.20. The molecule has 0 radical (unpaired) electrons. The van der Waals surface area contributed by atoms with Gasteiger partial charge in [0, 0.05) is 18.9 Å². The van der Waals surface area contributed by atoms with Gasteiger partial charge in [-0.3, -0.25) is 0 Å². The lowest BCUT2D eigenvalue weighted by molar-refractivity contribution is 0.754. The molecule has 0 aliphatic heterocycles. The zero-order valence-electron chi connectivity index (χ0n) is 10.5. The van der Waals surface area contributed by atoms with Crippen LogP contribution in [0.25, 0.3) is 5.82 Å². The van der Waals surface area contributed by atoms with Gasteiger partial charge < -0.3 is 5.32 Å². The Kier molecular flexibility index (Phi) is 3.54. The molecule has 0 unspecified atom stereocenters. The summed E-state index contributed by atoms with van der Waals surface area (Å²) in [4.78, 5) is 4.40. The highest BCUT2D eigenvalue weighted by Gasteiger charge is 2.05. The minimum absolute atomic E-state index is 0.444. The summed E-state index contributed by atoms with van der Waals surface area (Å²) in [6.45, 7) is 5.11. The van der Waals surface area contributed by atoms with E-state index >= 15 is 0 Å². The number of rotatable bonds is 4. The quantitative estimate of drug-likeness (QED) is 0.874. The van der Waals surface area contributed by atoms with Crippen LogP contribution in [0.4, 0.5) is 0 Å². The molecule has 4 heteroatoms. The molecule has 90 valence electrons. The minimum atomic E-state index is 0.444. The zero-order chi connectivity index (χ0) is 12.3. The summed E-state index contributed by atoms with van der Waals surface area (Å²) in [5.41, 5.74) is 2.26. The molecular formula is C13H18N4. The van der Waals surface area contributed by atoms with E-state index in [4.69, 9.17) is 0 Å². The van der Waals surface area contributed by atoms with Crippen molar-refractivity contribution in [3.63, 3.8) is 0 Å². The fourth-order valence-electron chi connectivity index (χ4n) is 1.63. The monoisotopic (exact) mass is 230 g/mol. The van der Waals surface area contributed by atoms with Crippen molar-refractivity contribution >= 4 is 0 Å². The molecule has 2 aromatic heterocycles. The topological polar surface area (TPSA) is 42.7 Å². The molecule has 0 aliphatic rings. The van der Waals surface area contributed by atoms with Crippen molar-refractivity contribution in [1.82, 2.24) is 20.1 Å². The Morgan fingerprint density at radius 1 is 1.29 bits per heavy atom. The molecule has 17 heavy (non-hydrogen) atoms. The molecule has 0 aliphatic carbocycles. The minimum Gasteiger partial charge on any atom is -0.316 e. The van der Waals surface area contributed by atoms with Crippen molar-refractivity contribution in [3.05, 3.63) is 41.9 Å². The molecule has 2 rings (SSSR count). The van der Waals surface area contributed by atoms with E-state index in [0.29, 0.717) is 5.92 Å². The van der Waals surface area contributed by atoms with Crippen LogP contribution >= 0.6 is 0 Å². The maximum atomic E-state index is 4.49. The molecule has 0 atom stereocenters. The van der Waals surface area contributed by atoms with E-state index in [2.05, 4.69) is 35.3 Å². The third kappa shape index (κ3) is 2.71. The SMILES string of the molecule is CNCc1ccc(-n2ccc(C(C)C)n2)nc1. The molecule has 0 saturated heterocycles. The summed E-state index contributed by atoms with van der Waals surface area (Å²) in [5, 5.41) is 7.59. The lowest BCUT2D eigenvalue weighted by atomic mass is 10.1. The van der Waals surface area contributed by atoms with Crippen LogP contribution in [0.5, 0.6) is 0 Å². The third-order valence-corrected chi connectivity index (χ3v) is 2.63. The summed E-state index contributed by atoms with van der Waals surface area (Å²) >= 11 is 0. The van der Waals surface area contributed by atoms with Gasteiger partial charge in [-0.1, -0.05) is 19.9 Å². The average Bonchev–Trinajstić information content (AvgIpc) is 2.80. The van der Waals surface area contributed by atoms with Crippen molar-refractivity contribution in [2.45, 2.75) is 26.3 Å². The summed E-state index contributed by atoms with van der Waals surface area (Å²) < 4.78 is 1.82. The lowest BCUT2D eigenvalue weighted by Crippen LogP contribution is -2.06. The highest BCUT2D eigenvalue weighted by Crippen LogP contribution is 2.13. The molecule has 1 N–H and O–H groups in total. The van der Waals surface area contributed by atoms with E-state index in [1.54, 1.807) is 0 Å². The number of aromatic nitrogens is 3. The van der Waals surface area contributed by atoms with Crippen molar-refractivity contribution < 1.29 is 0 Å². The number of nitrogens with one attached hydrogen (secondary N) is 1. The molecule has 0 bridgehead atoms.